The van der Waals surface area contributed by atoms with Gasteiger partial charge in [0, 0.05) is 25.4 Å². The Balaban J connectivity index is 0. The van der Waals surface area contributed by atoms with Crippen LogP contribution in [0, 0.1) is 5.92 Å². The fourth-order valence-corrected chi connectivity index (χ4v) is 2.92. The second-order valence-electron chi connectivity index (χ2n) is 8.48. The number of aliphatic carboxylic acids is 1. The van der Waals surface area contributed by atoms with Gasteiger partial charge in [0.25, 0.3) is 0 Å². The van der Waals surface area contributed by atoms with E-state index in [1.165, 1.54) is 0 Å². The average molecular weight is 474 g/mol. The first-order valence-electron chi connectivity index (χ1n) is 11.9. The minimum Gasteiger partial charge on any atom is -0.481 e. The van der Waals surface area contributed by atoms with Gasteiger partial charge in [-0.15, -0.1) is 0 Å². The van der Waals surface area contributed by atoms with Gasteiger partial charge in [-0.25, -0.2) is 0 Å². The van der Waals surface area contributed by atoms with Gasteiger partial charge in [-0.1, -0.05) is 24.2 Å². The molecule has 0 radical (unpaired) electrons. The number of carbonyl (C=O) groups excluding carboxylic acids is 1. The van der Waals surface area contributed by atoms with Crippen molar-refractivity contribution in [2.24, 2.45) is 16.2 Å². The van der Waals surface area contributed by atoms with Gasteiger partial charge in [-0.2, -0.15) is 0 Å². The van der Waals surface area contributed by atoms with Gasteiger partial charge in [0.1, 0.15) is 0 Å². The molecule has 0 saturated heterocycles. The van der Waals surface area contributed by atoms with E-state index in [1.807, 2.05) is 34.6 Å². The van der Waals surface area contributed by atoms with Crippen molar-refractivity contribution in [2.75, 3.05) is 19.6 Å². The van der Waals surface area contributed by atoms with E-state index >= 15 is 0 Å². The molecular formula is C23H47N5O5. The highest BCUT2D eigenvalue weighted by atomic mass is 16.4. The summed E-state index contributed by atoms with van der Waals surface area (Å²) >= 11 is 0. The predicted molar refractivity (Wildman–Crippen MR) is 133 cm³/mol. The molecular weight excluding hydrogens is 426 g/mol. The molecule has 0 aliphatic heterocycles. The molecule has 0 aromatic rings. The average Bonchev–Trinajstić information content (AvgIpc) is 2.78. The maximum Gasteiger partial charge on any atom is 0.303 e. The second kappa shape index (κ2) is 19.3. The molecule has 1 amide bonds. The van der Waals surface area contributed by atoms with Crippen molar-refractivity contribution >= 4 is 23.3 Å². The third-order valence-corrected chi connectivity index (χ3v) is 5.63. The van der Waals surface area contributed by atoms with Gasteiger partial charge in [0.2, 0.25) is 5.91 Å². The molecule has 6 N–H and O–H groups in total. The number of carboxylic acid groups (broad SMARTS) is 1. The minimum atomic E-state index is -0.895. The van der Waals surface area contributed by atoms with Crippen LogP contribution < -0.4 is 16.0 Å². The van der Waals surface area contributed by atoms with E-state index in [1.54, 1.807) is 13.8 Å². The number of hydrogen-bond acceptors (Lipinski definition) is 8. The Labute approximate surface area is 199 Å². The number of nitrogens with zero attached hydrogens (tertiary/aromatic N) is 2. The highest BCUT2D eigenvalue weighted by molar-refractivity contribution is 5.90. The topological polar surface area (TPSA) is 156 Å². The van der Waals surface area contributed by atoms with E-state index in [0.717, 1.165) is 32.4 Å². The molecule has 194 valence electrons. The van der Waals surface area contributed by atoms with E-state index in [9.17, 15) is 9.59 Å². The smallest absolute Gasteiger partial charge is 0.303 e. The van der Waals surface area contributed by atoms with Gasteiger partial charge in [-0.05, 0) is 79.3 Å². The summed E-state index contributed by atoms with van der Waals surface area (Å²) in [6.07, 6.45) is 3.10. The third-order valence-electron chi connectivity index (χ3n) is 5.63. The van der Waals surface area contributed by atoms with E-state index in [0.29, 0.717) is 30.3 Å². The van der Waals surface area contributed by atoms with Gasteiger partial charge < -0.3 is 31.5 Å². The van der Waals surface area contributed by atoms with Gasteiger partial charge in [-0.3, -0.25) is 9.59 Å². The molecule has 0 aromatic heterocycles. The van der Waals surface area contributed by atoms with Crippen LogP contribution in [0.3, 0.4) is 0 Å². The number of amides is 1. The normalized spacial score (nSPS) is 14.2. The number of oxime groups is 2. The molecule has 0 heterocycles. The van der Waals surface area contributed by atoms with E-state index in [4.69, 9.17) is 15.5 Å². The summed E-state index contributed by atoms with van der Waals surface area (Å²) in [4.78, 5) is 22.4. The van der Waals surface area contributed by atoms with Crippen molar-refractivity contribution in [3.63, 3.8) is 0 Å². The van der Waals surface area contributed by atoms with Crippen LogP contribution in [0.5, 0.6) is 0 Å². The molecule has 10 nitrogen and oxygen atoms in total. The SMILES string of the molecule is C/C(=N/O)C(C)NCCC(CCNC(=O)CCCC(=O)O)CCNC(C)(C)/C(C)=N\O.CC. The van der Waals surface area contributed by atoms with Gasteiger partial charge >= 0.3 is 5.97 Å². The monoisotopic (exact) mass is 473 g/mol. The number of carbonyl (C=O) groups is 2. The van der Waals surface area contributed by atoms with Crippen molar-refractivity contribution in [3.05, 3.63) is 0 Å². The van der Waals surface area contributed by atoms with Crippen LogP contribution in [0.1, 0.15) is 87.0 Å². The van der Waals surface area contributed by atoms with E-state index < -0.39 is 11.5 Å². The quantitative estimate of drug-likeness (QED) is 0.108. The lowest BCUT2D eigenvalue weighted by molar-refractivity contribution is -0.137. The standard InChI is InChI=1S/C21H41N5O5.C2H6/c1-15(16(2)25-30)22-12-9-18(11-14-24-21(4,5)17(3)26-31)10-13-23-19(27)7-6-8-20(28)29;1-2/h15,18,22,24,30-31H,6-14H2,1-5H3,(H,23,27)(H,28,29);1-2H3/b25-16-,26-17-;. The Bertz CT molecular complexity index is 608. The molecule has 2 atom stereocenters. The van der Waals surface area contributed by atoms with Crippen molar-refractivity contribution in [2.45, 2.75) is 98.6 Å². The summed E-state index contributed by atoms with van der Waals surface area (Å²) in [7, 11) is 0. The first kappa shape index (κ1) is 33.0. The Morgan fingerprint density at radius 3 is 2.06 bits per heavy atom. The Hall–Kier alpha value is -2.20. The second-order valence-corrected chi connectivity index (χ2v) is 8.48. The predicted octanol–water partition coefficient (Wildman–Crippen LogP) is 3.22. The van der Waals surface area contributed by atoms with Crippen molar-refractivity contribution in [3.8, 4) is 0 Å². The Morgan fingerprint density at radius 1 is 0.939 bits per heavy atom. The molecule has 0 aliphatic rings. The highest BCUT2D eigenvalue weighted by Crippen LogP contribution is 2.14. The van der Waals surface area contributed by atoms with Crippen molar-refractivity contribution < 1.29 is 25.1 Å². The lowest BCUT2D eigenvalue weighted by Gasteiger charge is -2.27. The molecule has 0 aromatic carbocycles. The van der Waals surface area contributed by atoms with Crippen LogP contribution in [0.2, 0.25) is 0 Å². The molecule has 0 rings (SSSR count). The first-order chi connectivity index (χ1) is 15.5. The van der Waals surface area contributed by atoms with Gasteiger partial charge in [0.05, 0.1) is 17.0 Å². The Morgan fingerprint density at radius 2 is 1.52 bits per heavy atom. The van der Waals surface area contributed by atoms with E-state index in [2.05, 4.69) is 26.3 Å². The molecule has 0 saturated carbocycles. The van der Waals surface area contributed by atoms with Crippen molar-refractivity contribution in [1.29, 1.82) is 0 Å². The van der Waals surface area contributed by atoms with Crippen LogP contribution in [0.4, 0.5) is 0 Å². The number of nitrogens with one attached hydrogen (secondary N) is 3. The largest absolute Gasteiger partial charge is 0.481 e. The summed E-state index contributed by atoms with van der Waals surface area (Å²) < 4.78 is 0. The highest BCUT2D eigenvalue weighted by Gasteiger charge is 2.22. The van der Waals surface area contributed by atoms with Gasteiger partial charge in [0.15, 0.2) is 0 Å². The molecule has 0 spiro atoms. The lowest BCUT2D eigenvalue weighted by atomic mass is 9.95. The number of hydrogen-bond donors (Lipinski definition) is 6. The number of rotatable bonds is 17. The maximum absolute atomic E-state index is 11.9. The van der Waals surface area contributed by atoms with Crippen LogP contribution >= 0.6 is 0 Å². The summed E-state index contributed by atoms with van der Waals surface area (Å²) in [6.45, 7) is 15.4. The first-order valence-corrected chi connectivity index (χ1v) is 11.9. The fourth-order valence-electron chi connectivity index (χ4n) is 2.92. The zero-order valence-corrected chi connectivity index (χ0v) is 21.6. The maximum atomic E-state index is 11.9. The minimum absolute atomic E-state index is 0.00548. The van der Waals surface area contributed by atoms with E-state index in [-0.39, 0.29) is 24.8 Å². The lowest BCUT2D eigenvalue weighted by Crippen LogP contribution is -2.46. The molecule has 10 heteroatoms. The van der Waals surface area contributed by atoms with Crippen LogP contribution in [0.15, 0.2) is 10.3 Å². The summed E-state index contributed by atoms with van der Waals surface area (Å²) in [5.41, 5.74) is 0.804. The van der Waals surface area contributed by atoms with Crippen LogP contribution in [-0.2, 0) is 9.59 Å². The zero-order chi connectivity index (χ0) is 25.9. The molecule has 0 bridgehead atoms. The summed E-state index contributed by atoms with van der Waals surface area (Å²) in [5.74, 6) is -0.691. The zero-order valence-electron chi connectivity index (χ0n) is 21.6. The fraction of sp³-hybridized carbons (Fsp3) is 0.826. The van der Waals surface area contributed by atoms with Crippen molar-refractivity contribution in [1.82, 2.24) is 16.0 Å². The third kappa shape index (κ3) is 17.0. The Kier molecular flexibility index (Phi) is 19.3. The summed E-state index contributed by atoms with van der Waals surface area (Å²) in [6, 6.07) is -0.0277. The number of carboxylic acids is 1. The molecule has 0 aliphatic carbocycles. The van der Waals surface area contributed by atoms with Crippen LogP contribution in [-0.4, -0.2) is 70.0 Å². The summed E-state index contributed by atoms with van der Waals surface area (Å²) in [5, 5.41) is 42.6. The molecule has 33 heavy (non-hydrogen) atoms. The molecule has 0 fully saturated rings. The van der Waals surface area contributed by atoms with Crippen LogP contribution in [0.25, 0.3) is 0 Å². The molecule has 2 unspecified atom stereocenters.